The molecule has 0 radical (unpaired) electrons. The van der Waals surface area contributed by atoms with Crippen LogP contribution < -0.4 is 11.0 Å². The van der Waals surface area contributed by atoms with Crippen molar-refractivity contribution in [2.24, 2.45) is 0 Å². The highest BCUT2D eigenvalue weighted by Crippen LogP contribution is 2.26. The number of benzene rings is 1. The summed E-state index contributed by atoms with van der Waals surface area (Å²) in [7, 11) is 0. The first-order valence-corrected chi connectivity index (χ1v) is 10.5. The summed E-state index contributed by atoms with van der Waals surface area (Å²) in [6.45, 7) is 5.03. The number of nitrogens with zero attached hydrogens (tertiary/aromatic N) is 3. The third-order valence-electron chi connectivity index (χ3n) is 5.06. The third-order valence-corrected chi connectivity index (χ3v) is 5.99. The van der Waals surface area contributed by atoms with Crippen LogP contribution in [-0.4, -0.2) is 20.0 Å². The van der Waals surface area contributed by atoms with Crippen molar-refractivity contribution in [1.29, 1.82) is 0 Å². The van der Waals surface area contributed by atoms with Crippen LogP contribution in [-0.2, 0) is 13.1 Å². The molecule has 0 unspecified atom stereocenters. The lowest BCUT2D eigenvalue weighted by Crippen LogP contribution is -2.28. The molecule has 0 aliphatic rings. The van der Waals surface area contributed by atoms with Gasteiger partial charge in [-0.2, -0.15) is 0 Å². The van der Waals surface area contributed by atoms with Gasteiger partial charge in [-0.1, -0.05) is 6.07 Å². The van der Waals surface area contributed by atoms with Gasteiger partial charge in [0.25, 0.3) is 5.91 Å². The molecule has 1 N–H and O–H groups in total. The summed E-state index contributed by atoms with van der Waals surface area (Å²) >= 11 is 1.60. The highest BCUT2D eigenvalue weighted by Gasteiger charge is 2.20. The van der Waals surface area contributed by atoms with Crippen LogP contribution in [0.1, 0.15) is 40.7 Å². The van der Waals surface area contributed by atoms with Crippen molar-refractivity contribution in [3.63, 3.8) is 0 Å². The zero-order valence-electron chi connectivity index (χ0n) is 16.3. The summed E-state index contributed by atoms with van der Waals surface area (Å²) in [5.41, 5.74) is 3.09. The largest absolute Gasteiger partial charge is 0.340 e. The monoisotopic (exact) mass is 406 g/mol. The smallest absolute Gasteiger partial charge is 0.329 e. The molecule has 3 heterocycles. The standard InChI is InChI=1S/C22H22N4O2S/c1-3-25-17-8-7-16(14-18(17)26(4-2)22(25)28)21(27)24-20(19-6-5-13-29-19)15-9-11-23-12-10-15/h5-14,20H,3-4H2,1-2H3,(H,24,27)/t20-/m0/s1. The van der Waals surface area contributed by atoms with Crippen LogP contribution in [0.2, 0.25) is 0 Å². The van der Waals surface area contributed by atoms with Crippen LogP contribution >= 0.6 is 11.3 Å². The van der Waals surface area contributed by atoms with Crippen LogP contribution in [0.25, 0.3) is 11.0 Å². The Bertz CT molecular complexity index is 1190. The lowest BCUT2D eigenvalue weighted by atomic mass is 10.1. The zero-order valence-corrected chi connectivity index (χ0v) is 17.1. The van der Waals surface area contributed by atoms with E-state index in [0.29, 0.717) is 18.7 Å². The molecule has 1 aromatic carbocycles. The van der Waals surface area contributed by atoms with E-state index in [-0.39, 0.29) is 17.6 Å². The molecule has 0 fully saturated rings. The normalized spacial score (nSPS) is 12.2. The number of thiophene rings is 1. The van der Waals surface area contributed by atoms with E-state index < -0.39 is 0 Å². The van der Waals surface area contributed by atoms with Crippen LogP contribution in [0.15, 0.2) is 65.0 Å². The van der Waals surface area contributed by atoms with Gasteiger partial charge in [0.05, 0.1) is 17.1 Å². The van der Waals surface area contributed by atoms with Gasteiger partial charge in [0, 0.05) is 35.9 Å². The molecule has 1 amide bonds. The summed E-state index contributed by atoms with van der Waals surface area (Å²) in [6, 6.07) is 13.0. The molecule has 29 heavy (non-hydrogen) atoms. The number of carbonyl (C=O) groups is 1. The molecule has 0 bridgehead atoms. The molecular formula is C22H22N4O2S. The van der Waals surface area contributed by atoms with E-state index in [2.05, 4.69) is 10.3 Å². The Hall–Kier alpha value is -3.19. The van der Waals surface area contributed by atoms with Crippen molar-refractivity contribution < 1.29 is 4.79 Å². The van der Waals surface area contributed by atoms with E-state index >= 15 is 0 Å². The average molecular weight is 407 g/mol. The fraction of sp³-hybridized carbons (Fsp3) is 0.227. The first-order valence-electron chi connectivity index (χ1n) is 9.61. The molecule has 4 aromatic rings. The Balaban J connectivity index is 1.72. The average Bonchev–Trinajstić information content (AvgIpc) is 3.37. The molecule has 0 saturated carbocycles. The maximum Gasteiger partial charge on any atom is 0.329 e. The van der Waals surface area contributed by atoms with Gasteiger partial charge >= 0.3 is 5.69 Å². The Morgan fingerprint density at radius 3 is 2.45 bits per heavy atom. The minimum Gasteiger partial charge on any atom is -0.340 e. The number of imidazole rings is 1. The number of pyridine rings is 1. The van der Waals surface area contributed by atoms with Gasteiger partial charge in [-0.3, -0.25) is 18.9 Å². The van der Waals surface area contributed by atoms with Crippen LogP contribution in [0.3, 0.4) is 0 Å². The van der Waals surface area contributed by atoms with Crippen LogP contribution in [0.4, 0.5) is 0 Å². The maximum atomic E-state index is 13.1. The van der Waals surface area contributed by atoms with Crippen molar-refractivity contribution in [3.8, 4) is 0 Å². The number of hydrogen-bond donors (Lipinski definition) is 1. The SMILES string of the molecule is CCn1c(=O)n(CC)c2cc(C(=O)N[C@@H](c3ccncc3)c3cccs3)ccc21. The molecular weight excluding hydrogens is 384 g/mol. The van der Waals surface area contributed by atoms with E-state index in [1.54, 1.807) is 45.0 Å². The number of carbonyl (C=O) groups excluding carboxylic acids is 1. The Morgan fingerprint density at radius 1 is 1.07 bits per heavy atom. The van der Waals surface area contributed by atoms with Crippen molar-refractivity contribution in [3.05, 3.63) is 86.7 Å². The molecule has 0 aliphatic carbocycles. The lowest BCUT2D eigenvalue weighted by molar-refractivity contribution is 0.0943. The molecule has 4 rings (SSSR count). The molecule has 0 spiro atoms. The van der Waals surface area contributed by atoms with Gasteiger partial charge in [0.2, 0.25) is 0 Å². The number of nitrogens with one attached hydrogen (secondary N) is 1. The van der Waals surface area contributed by atoms with E-state index in [9.17, 15) is 9.59 Å². The fourth-order valence-corrected chi connectivity index (χ4v) is 4.42. The number of aryl methyl sites for hydroxylation is 2. The minimum absolute atomic E-state index is 0.0456. The highest BCUT2D eigenvalue weighted by molar-refractivity contribution is 7.10. The second kappa shape index (κ2) is 8.05. The van der Waals surface area contributed by atoms with Crippen molar-refractivity contribution in [1.82, 2.24) is 19.4 Å². The lowest BCUT2D eigenvalue weighted by Gasteiger charge is -2.18. The topological polar surface area (TPSA) is 68.9 Å². The summed E-state index contributed by atoms with van der Waals surface area (Å²) in [4.78, 5) is 30.8. The molecule has 6 nitrogen and oxygen atoms in total. The number of hydrogen-bond acceptors (Lipinski definition) is 4. The van der Waals surface area contributed by atoms with E-state index in [4.69, 9.17) is 0 Å². The van der Waals surface area contributed by atoms with Gasteiger partial charge in [-0.05, 0) is 61.2 Å². The van der Waals surface area contributed by atoms with Gasteiger partial charge in [-0.25, -0.2) is 4.79 Å². The van der Waals surface area contributed by atoms with E-state index in [1.165, 1.54) is 0 Å². The first-order chi connectivity index (χ1) is 14.1. The second-order valence-electron chi connectivity index (χ2n) is 6.68. The molecule has 7 heteroatoms. The molecule has 1 atom stereocenters. The Labute approximate surface area is 172 Å². The van der Waals surface area contributed by atoms with Gasteiger partial charge in [0.1, 0.15) is 0 Å². The quantitative estimate of drug-likeness (QED) is 0.529. The van der Waals surface area contributed by atoms with Gasteiger partial charge in [-0.15, -0.1) is 11.3 Å². The number of rotatable bonds is 6. The second-order valence-corrected chi connectivity index (χ2v) is 7.66. The van der Waals surface area contributed by atoms with Gasteiger partial charge < -0.3 is 5.32 Å². The fourth-order valence-electron chi connectivity index (χ4n) is 3.62. The summed E-state index contributed by atoms with van der Waals surface area (Å²) in [6.07, 6.45) is 3.45. The summed E-state index contributed by atoms with van der Waals surface area (Å²) in [5, 5.41) is 5.13. The number of fused-ring (bicyclic) bond motifs is 1. The highest BCUT2D eigenvalue weighted by atomic mass is 32.1. The van der Waals surface area contributed by atoms with E-state index in [0.717, 1.165) is 21.5 Å². The third kappa shape index (κ3) is 3.49. The zero-order chi connectivity index (χ0) is 20.4. The molecule has 148 valence electrons. The first kappa shape index (κ1) is 19.1. The predicted molar refractivity (Wildman–Crippen MR) is 115 cm³/mol. The van der Waals surface area contributed by atoms with Crippen LogP contribution in [0.5, 0.6) is 0 Å². The van der Waals surface area contributed by atoms with Crippen LogP contribution in [0, 0.1) is 0 Å². The Kier molecular flexibility index (Phi) is 5.31. The van der Waals surface area contributed by atoms with Gasteiger partial charge in [0.15, 0.2) is 0 Å². The van der Waals surface area contributed by atoms with E-state index in [1.807, 2.05) is 49.6 Å². The number of amides is 1. The number of aromatic nitrogens is 3. The summed E-state index contributed by atoms with van der Waals surface area (Å²) < 4.78 is 3.43. The molecule has 0 aliphatic heterocycles. The molecule has 0 saturated heterocycles. The van der Waals surface area contributed by atoms with Crippen molar-refractivity contribution in [2.45, 2.75) is 33.0 Å². The summed E-state index contributed by atoms with van der Waals surface area (Å²) in [5.74, 6) is -0.179. The van der Waals surface area contributed by atoms with Crippen molar-refractivity contribution in [2.75, 3.05) is 0 Å². The molecule has 3 aromatic heterocycles. The minimum atomic E-state index is -0.255. The maximum absolute atomic E-state index is 13.1. The Morgan fingerprint density at radius 2 is 1.79 bits per heavy atom. The predicted octanol–water partition coefficient (Wildman–Crippen LogP) is 3.82. The van der Waals surface area contributed by atoms with Crippen molar-refractivity contribution >= 4 is 28.3 Å².